The minimum Gasteiger partial charge on any atom is -0.491 e. The Morgan fingerprint density at radius 2 is 1.91 bits per heavy atom. The van der Waals surface area contributed by atoms with Crippen molar-refractivity contribution >= 4 is 16.9 Å². The summed E-state index contributed by atoms with van der Waals surface area (Å²) in [7, 11) is 3.92. The molecular formula is C26H30N2O4. The van der Waals surface area contributed by atoms with Crippen LogP contribution in [0, 0.1) is 0 Å². The highest BCUT2D eigenvalue weighted by Gasteiger charge is 2.42. The van der Waals surface area contributed by atoms with Crippen LogP contribution >= 0.6 is 0 Å². The van der Waals surface area contributed by atoms with Crippen molar-refractivity contribution in [1.29, 1.82) is 0 Å². The lowest BCUT2D eigenvalue weighted by Gasteiger charge is -2.26. The van der Waals surface area contributed by atoms with E-state index >= 15 is 0 Å². The molecule has 6 nitrogen and oxygen atoms in total. The van der Waals surface area contributed by atoms with Gasteiger partial charge in [-0.25, -0.2) is 0 Å². The molecule has 32 heavy (non-hydrogen) atoms. The number of likely N-dealkylation sites (N-methyl/N-ethyl adjacent to an activating group) is 1. The third-order valence-electron chi connectivity index (χ3n) is 5.77. The predicted octanol–water partition coefficient (Wildman–Crippen LogP) is 4.25. The lowest BCUT2D eigenvalue weighted by Crippen LogP contribution is -2.35. The van der Waals surface area contributed by atoms with Crippen LogP contribution in [0.5, 0.6) is 5.75 Å². The van der Waals surface area contributed by atoms with Crippen molar-refractivity contribution in [3.63, 3.8) is 0 Å². The van der Waals surface area contributed by atoms with E-state index in [0.29, 0.717) is 35.4 Å². The van der Waals surface area contributed by atoms with Crippen molar-refractivity contribution in [2.75, 3.05) is 27.2 Å². The first-order valence-corrected chi connectivity index (χ1v) is 11.1. The molecule has 0 radical (unpaired) electrons. The van der Waals surface area contributed by atoms with Gasteiger partial charge in [0.2, 0.25) is 5.76 Å². The fraction of sp³-hybridized carbons (Fsp3) is 0.385. The Bertz CT molecular complexity index is 1210. The summed E-state index contributed by atoms with van der Waals surface area (Å²) in [5, 5.41) is 0.518. The number of carbonyl (C=O) groups is 1. The van der Waals surface area contributed by atoms with Crippen molar-refractivity contribution in [3.05, 3.63) is 75.1 Å². The number of benzene rings is 2. The third kappa shape index (κ3) is 4.02. The number of ether oxygens (including phenoxy) is 1. The van der Waals surface area contributed by atoms with E-state index in [1.807, 2.05) is 76.2 Å². The van der Waals surface area contributed by atoms with Crippen molar-refractivity contribution in [2.24, 2.45) is 0 Å². The van der Waals surface area contributed by atoms with Gasteiger partial charge in [0.25, 0.3) is 5.91 Å². The van der Waals surface area contributed by atoms with Crippen molar-refractivity contribution in [3.8, 4) is 5.75 Å². The molecule has 1 aliphatic rings. The highest BCUT2D eigenvalue weighted by atomic mass is 16.5. The Hall–Kier alpha value is -3.12. The zero-order chi connectivity index (χ0) is 23.0. The molecule has 0 fully saturated rings. The van der Waals surface area contributed by atoms with Gasteiger partial charge < -0.3 is 19.0 Å². The Labute approximate surface area is 188 Å². The van der Waals surface area contributed by atoms with Crippen LogP contribution in [0.2, 0.25) is 0 Å². The maximum Gasteiger partial charge on any atom is 0.290 e. The molecule has 0 saturated heterocycles. The molecule has 0 aliphatic carbocycles. The average Bonchev–Trinajstić information content (AvgIpc) is 3.04. The smallest absolute Gasteiger partial charge is 0.290 e. The molecule has 1 aromatic heterocycles. The molecule has 1 unspecified atom stereocenters. The third-order valence-corrected chi connectivity index (χ3v) is 5.77. The maximum atomic E-state index is 13.7. The van der Waals surface area contributed by atoms with Crippen LogP contribution in [0.15, 0.2) is 51.7 Å². The van der Waals surface area contributed by atoms with E-state index in [1.54, 1.807) is 11.0 Å². The van der Waals surface area contributed by atoms with Crippen LogP contribution in [-0.4, -0.2) is 49.0 Å². The van der Waals surface area contributed by atoms with Gasteiger partial charge in [0, 0.05) is 13.1 Å². The molecule has 1 amide bonds. The van der Waals surface area contributed by atoms with Gasteiger partial charge in [-0.2, -0.15) is 0 Å². The van der Waals surface area contributed by atoms with Gasteiger partial charge in [0.05, 0.1) is 23.1 Å². The Balaban J connectivity index is 1.91. The topological polar surface area (TPSA) is 63.0 Å². The summed E-state index contributed by atoms with van der Waals surface area (Å²) in [5.74, 6) is 0.607. The van der Waals surface area contributed by atoms with Gasteiger partial charge in [-0.05, 0) is 69.8 Å². The van der Waals surface area contributed by atoms with Gasteiger partial charge in [-0.15, -0.1) is 0 Å². The highest BCUT2D eigenvalue weighted by Crippen LogP contribution is 2.39. The second-order valence-electron chi connectivity index (χ2n) is 8.80. The second-order valence-corrected chi connectivity index (χ2v) is 8.80. The number of hydrogen-bond donors (Lipinski definition) is 0. The van der Waals surface area contributed by atoms with Gasteiger partial charge >= 0.3 is 0 Å². The number of aryl methyl sites for hydroxylation is 1. The number of fused-ring (bicyclic) bond motifs is 2. The minimum atomic E-state index is -0.515. The molecule has 3 aromatic rings. The molecular weight excluding hydrogens is 404 g/mol. The number of nitrogens with zero attached hydrogens (tertiary/aromatic N) is 2. The van der Waals surface area contributed by atoms with Crippen LogP contribution in [0.1, 0.15) is 54.1 Å². The maximum absolute atomic E-state index is 13.7. The molecule has 2 heterocycles. The van der Waals surface area contributed by atoms with Crippen molar-refractivity contribution < 1.29 is 13.9 Å². The van der Waals surface area contributed by atoms with Crippen LogP contribution in [0.4, 0.5) is 0 Å². The summed E-state index contributed by atoms with van der Waals surface area (Å²) in [6, 6.07) is 12.7. The van der Waals surface area contributed by atoms with E-state index in [9.17, 15) is 9.59 Å². The van der Waals surface area contributed by atoms with E-state index in [0.717, 1.165) is 17.5 Å². The molecule has 0 spiro atoms. The zero-order valence-corrected chi connectivity index (χ0v) is 19.3. The first-order chi connectivity index (χ1) is 15.3. The van der Waals surface area contributed by atoms with Crippen molar-refractivity contribution in [2.45, 2.75) is 39.3 Å². The fourth-order valence-corrected chi connectivity index (χ4v) is 4.20. The Kier molecular flexibility index (Phi) is 6.07. The SMILES string of the molecule is CCc1ccc2oc3c(c(=O)c2c1)C(c1cccc(OC(C)C)c1)N(CCN(C)C)C3=O. The molecule has 1 aliphatic heterocycles. The Morgan fingerprint density at radius 1 is 1.12 bits per heavy atom. The number of amides is 1. The molecule has 1 atom stereocenters. The summed E-state index contributed by atoms with van der Waals surface area (Å²) < 4.78 is 11.9. The Morgan fingerprint density at radius 3 is 2.59 bits per heavy atom. The van der Waals surface area contributed by atoms with Crippen LogP contribution < -0.4 is 10.2 Å². The average molecular weight is 435 g/mol. The highest BCUT2D eigenvalue weighted by molar-refractivity contribution is 5.99. The summed E-state index contributed by atoms with van der Waals surface area (Å²) in [6.07, 6.45) is 0.840. The van der Waals surface area contributed by atoms with Crippen LogP contribution in [-0.2, 0) is 6.42 Å². The molecule has 0 N–H and O–H groups in total. The van der Waals surface area contributed by atoms with Crippen molar-refractivity contribution in [1.82, 2.24) is 9.80 Å². The van der Waals surface area contributed by atoms with E-state index in [4.69, 9.17) is 9.15 Å². The standard InChI is InChI=1S/C26H30N2O4/c1-6-17-10-11-21-20(14-17)24(29)22-23(18-8-7-9-19(15-18)31-16(2)3)28(13-12-27(4)5)26(30)25(22)32-21/h7-11,14-16,23H,6,12-13H2,1-5H3. The van der Waals surface area contributed by atoms with Gasteiger partial charge in [-0.3, -0.25) is 9.59 Å². The van der Waals surface area contributed by atoms with Crippen LogP contribution in [0.3, 0.4) is 0 Å². The fourth-order valence-electron chi connectivity index (χ4n) is 4.20. The van der Waals surface area contributed by atoms with E-state index in [2.05, 4.69) is 0 Å². The zero-order valence-electron chi connectivity index (χ0n) is 19.3. The largest absolute Gasteiger partial charge is 0.491 e. The summed E-state index contributed by atoms with van der Waals surface area (Å²) in [5.41, 5.74) is 2.62. The summed E-state index contributed by atoms with van der Waals surface area (Å²) in [4.78, 5) is 30.9. The lowest BCUT2D eigenvalue weighted by molar-refractivity contribution is 0.0716. The second kappa shape index (κ2) is 8.79. The molecule has 0 bridgehead atoms. The summed E-state index contributed by atoms with van der Waals surface area (Å²) >= 11 is 0. The van der Waals surface area contributed by atoms with Gasteiger partial charge in [-0.1, -0.05) is 25.1 Å². The molecule has 4 rings (SSSR count). The predicted molar refractivity (Wildman–Crippen MR) is 126 cm³/mol. The lowest BCUT2D eigenvalue weighted by atomic mass is 9.97. The molecule has 0 saturated carbocycles. The first-order valence-electron chi connectivity index (χ1n) is 11.1. The van der Waals surface area contributed by atoms with Gasteiger partial charge in [0.1, 0.15) is 11.3 Å². The normalized spacial score (nSPS) is 15.8. The van der Waals surface area contributed by atoms with Gasteiger partial charge in [0.15, 0.2) is 5.43 Å². The van der Waals surface area contributed by atoms with E-state index in [1.165, 1.54) is 0 Å². The monoisotopic (exact) mass is 434 g/mol. The molecule has 2 aromatic carbocycles. The number of rotatable bonds is 7. The van der Waals surface area contributed by atoms with E-state index in [-0.39, 0.29) is 23.2 Å². The summed E-state index contributed by atoms with van der Waals surface area (Å²) in [6.45, 7) is 7.14. The van der Waals surface area contributed by atoms with Crippen LogP contribution in [0.25, 0.3) is 11.0 Å². The molecule has 6 heteroatoms. The number of carbonyl (C=O) groups excluding carboxylic acids is 1. The first kappa shape index (κ1) is 22.1. The van der Waals surface area contributed by atoms with E-state index < -0.39 is 6.04 Å². The molecule has 168 valence electrons. The minimum absolute atomic E-state index is 0.0223. The quantitative estimate of drug-likeness (QED) is 0.556. The number of hydrogen-bond acceptors (Lipinski definition) is 5.